The van der Waals surface area contributed by atoms with E-state index in [9.17, 15) is 17.2 Å². The van der Waals surface area contributed by atoms with Crippen LogP contribution < -0.4 is 10.0 Å². The van der Waals surface area contributed by atoms with E-state index in [1.807, 2.05) is 0 Å². The zero-order chi connectivity index (χ0) is 15.5. The second-order valence-corrected chi connectivity index (χ2v) is 6.06. The molecule has 21 heavy (non-hydrogen) atoms. The van der Waals surface area contributed by atoms with Crippen molar-refractivity contribution < 1.29 is 17.2 Å². The molecule has 0 unspecified atom stereocenters. The molecule has 3 N–H and O–H groups in total. The summed E-state index contributed by atoms with van der Waals surface area (Å²) in [5, 5.41) is 2.75. The number of nitrogens with zero attached hydrogens (tertiary/aromatic N) is 1. The van der Waals surface area contributed by atoms with Crippen LogP contribution in [0.5, 0.6) is 0 Å². The van der Waals surface area contributed by atoms with Crippen molar-refractivity contribution in [3.8, 4) is 0 Å². The van der Waals surface area contributed by atoms with Gasteiger partial charge in [0, 0.05) is 18.4 Å². The number of sulfonamides is 1. The van der Waals surface area contributed by atoms with E-state index in [1.54, 1.807) is 7.05 Å². The summed E-state index contributed by atoms with van der Waals surface area (Å²) in [6.45, 7) is 0.125. The predicted octanol–water partition coefficient (Wildman–Crippen LogP) is 0.886. The molecular weight excluding hydrogens is 302 g/mol. The van der Waals surface area contributed by atoms with Crippen LogP contribution >= 0.6 is 0 Å². The maximum Gasteiger partial charge on any atom is 0.243 e. The van der Waals surface area contributed by atoms with Crippen molar-refractivity contribution in [2.75, 3.05) is 7.05 Å². The van der Waals surface area contributed by atoms with Gasteiger partial charge in [-0.05, 0) is 24.7 Å². The molecule has 114 valence electrons. The molecule has 0 aliphatic carbocycles. The first kappa shape index (κ1) is 15.5. The van der Waals surface area contributed by atoms with E-state index in [0.29, 0.717) is 11.3 Å². The van der Waals surface area contributed by atoms with Crippen LogP contribution in [0.15, 0.2) is 29.6 Å². The maximum absolute atomic E-state index is 13.7. The second-order valence-electron chi connectivity index (χ2n) is 4.32. The van der Waals surface area contributed by atoms with E-state index in [4.69, 9.17) is 0 Å². The number of halogens is 2. The van der Waals surface area contributed by atoms with Crippen LogP contribution in [0.2, 0.25) is 0 Å². The quantitative estimate of drug-likeness (QED) is 0.738. The van der Waals surface area contributed by atoms with Crippen LogP contribution in [0.1, 0.15) is 11.3 Å². The monoisotopic (exact) mass is 316 g/mol. The Morgan fingerprint density at radius 2 is 2.05 bits per heavy atom. The van der Waals surface area contributed by atoms with Crippen molar-refractivity contribution in [3.05, 3.63) is 47.5 Å². The minimum atomic E-state index is -4.17. The Morgan fingerprint density at radius 1 is 1.29 bits per heavy atom. The van der Waals surface area contributed by atoms with Crippen LogP contribution in [-0.4, -0.2) is 25.4 Å². The average Bonchev–Trinajstić information content (AvgIpc) is 2.94. The second kappa shape index (κ2) is 6.29. The molecule has 9 heteroatoms. The summed E-state index contributed by atoms with van der Waals surface area (Å²) in [5.41, 5.74) is 0.837. The Labute approximate surface area is 120 Å². The molecule has 0 aliphatic rings. The highest BCUT2D eigenvalue weighted by Crippen LogP contribution is 2.20. The van der Waals surface area contributed by atoms with Gasteiger partial charge in [0.05, 0.1) is 12.9 Å². The van der Waals surface area contributed by atoms with Crippen LogP contribution in [-0.2, 0) is 23.1 Å². The lowest BCUT2D eigenvalue weighted by molar-refractivity contribution is 0.480. The number of aromatic nitrogens is 2. The molecule has 1 heterocycles. The molecule has 0 fully saturated rings. The average molecular weight is 316 g/mol. The lowest BCUT2D eigenvalue weighted by Gasteiger charge is -2.10. The van der Waals surface area contributed by atoms with Crippen molar-refractivity contribution in [2.24, 2.45) is 0 Å². The van der Waals surface area contributed by atoms with E-state index < -0.39 is 26.6 Å². The number of nitrogens with one attached hydrogen (secondary N) is 3. The highest BCUT2D eigenvalue weighted by atomic mass is 32.2. The lowest BCUT2D eigenvalue weighted by atomic mass is 10.2. The number of imidazole rings is 1. The zero-order valence-electron chi connectivity index (χ0n) is 11.2. The molecule has 0 saturated carbocycles. The van der Waals surface area contributed by atoms with Gasteiger partial charge in [-0.3, -0.25) is 0 Å². The minimum Gasteiger partial charge on any atom is -0.347 e. The molecule has 1 aromatic heterocycles. The largest absolute Gasteiger partial charge is 0.347 e. The molecule has 0 radical (unpaired) electrons. The Hall–Kier alpha value is -1.84. The van der Waals surface area contributed by atoms with E-state index >= 15 is 0 Å². The molecule has 0 spiro atoms. The lowest BCUT2D eigenvalue weighted by Crippen LogP contribution is -2.25. The molecule has 2 rings (SSSR count). The fraction of sp³-hybridized carbons (Fsp3) is 0.250. The van der Waals surface area contributed by atoms with Gasteiger partial charge in [0.25, 0.3) is 0 Å². The van der Waals surface area contributed by atoms with Crippen molar-refractivity contribution in [1.29, 1.82) is 0 Å². The standard InChI is InChI=1S/C12H14F2N4O2S/c1-15-4-8-2-10(13)12(14)11(3-8)21(19,20)18-6-9-5-16-7-17-9/h2-3,5,7,15,18H,4,6H2,1H3,(H,16,17). The first-order valence-corrected chi connectivity index (χ1v) is 7.52. The first-order valence-electron chi connectivity index (χ1n) is 6.03. The van der Waals surface area contributed by atoms with Gasteiger partial charge in [0.15, 0.2) is 11.6 Å². The van der Waals surface area contributed by atoms with Gasteiger partial charge in [-0.2, -0.15) is 0 Å². The smallest absolute Gasteiger partial charge is 0.243 e. The number of hydrogen-bond donors (Lipinski definition) is 3. The summed E-state index contributed by atoms with van der Waals surface area (Å²) in [4.78, 5) is 5.72. The van der Waals surface area contributed by atoms with Gasteiger partial charge in [-0.15, -0.1) is 0 Å². The summed E-state index contributed by atoms with van der Waals surface area (Å²) >= 11 is 0. The van der Waals surface area contributed by atoms with Crippen molar-refractivity contribution in [2.45, 2.75) is 18.0 Å². The van der Waals surface area contributed by atoms with Crippen molar-refractivity contribution in [1.82, 2.24) is 20.0 Å². The van der Waals surface area contributed by atoms with E-state index in [2.05, 4.69) is 20.0 Å². The predicted molar refractivity (Wildman–Crippen MR) is 71.7 cm³/mol. The summed E-state index contributed by atoms with van der Waals surface area (Å²) in [7, 11) is -2.55. The molecule has 0 atom stereocenters. The van der Waals surface area contributed by atoms with Crippen molar-refractivity contribution >= 4 is 10.0 Å². The van der Waals surface area contributed by atoms with E-state index in [1.165, 1.54) is 12.5 Å². The highest BCUT2D eigenvalue weighted by molar-refractivity contribution is 7.89. The van der Waals surface area contributed by atoms with Gasteiger partial charge in [-0.1, -0.05) is 0 Å². The molecule has 6 nitrogen and oxygen atoms in total. The van der Waals surface area contributed by atoms with Gasteiger partial charge in [-0.25, -0.2) is 26.9 Å². The van der Waals surface area contributed by atoms with Crippen LogP contribution in [0.25, 0.3) is 0 Å². The first-order chi connectivity index (χ1) is 9.94. The van der Waals surface area contributed by atoms with Crippen molar-refractivity contribution in [3.63, 3.8) is 0 Å². The molecular formula is C12H14F2N4O2S. The summed E-state index contributed by atoms with van der Waals surface area (Å²) < 4.78 is 53.6. The summed E-state index contributed by atoms with van der Waals surface area (Å²) in [6.07, 6.45) is 2.81. The normalized spacial score (nSPS) is 11.8. The minimum absolute atomic E-state index is 0.0976. The fourth-order valence-electron chi connectivity index (χ4n) is 1.75. The number of rotatable bonds is 6. The fourth-order valence-corrected chi connectivity index (χ4v) is 2.89. The van der Waals surface area contributed by atoms with E-state index in [-0.39, 0.29) is 13.1 Å². The zero-order valence-corrected chi connectivity index (χ0v) is 12.0. The van der Waals surface area contributed by atoms with E-state index in [0.717, 1.165) is 12.1 Å². The van der Waals surface area contributed by atoms with Crippen LogP contribution in [0.3, 0.4) is 0 Å². The third-order valence-corrected chi connectivity index (χ3v) is 4.13. The van der Waals surface area contributed by atoms with Gasteiger partial charge in [0.2, 0.25) is 10.0 Å². The number of H-pyrrole nitrogens is 1. The Kier molecular flexibility index (Phi) is 4.66. The van der Waals surface area contributed by atoms with Gasteiger partial charge < -0.3 is 10.3 Å². The van der Waals surface area contributed by atoms with Crippen LogP contribution in [0, 0.1) is 11.6 Å². The Bertz CT molecular complexity index is 717. The molecule has 0 amide bonds. The number of hydrogen-bond acceptors (Lipinski definition) is 4. The topological polar surface area (TPSA) is 86.9 Å². The molecule has 1 aromatic carbocycles. The third kappa shape index (κ3) is 3.63. The molecule has 0 saturated heterocycles. The molecule has 2 aromatic rings. The highest BCUT2D eigenvalue weighted by Gasteiger charge is 2.22. The van der Waals surface area contributed by atoms with Gasteiger partial charge >= 0.3 is 0 Å². The number of aromatic amines is 1. The maximum atomic E-state index is 13.7. The SMILES string of the molecule is CNCc1cc(F)c(F)c(S(=O)(=O)NCc2cnc[nH]2)c1. The van der Waals surface area contributed by atoms with Gasteiger partial charge in [0.1, 0.15) is 4.90 Å². The Balaban J connectivity index is 2.30. The summed E-state index contributed by atoms with van der Waals surface area (Å²) in [6, 6.07) is 2.06. The third-order valence-electron chi connectivity index (χ3n) is 2.73. The summed E-state index contributed by atoms with van der Waals surface area (Å²) in [5.74, 6) is -2.60. The Morgan fingerprint density at radius 3 is 2.67 bits per heavy atom. The molecule has 0 bridgehead atoms. The number of benzene rings is 1. The van der Waals surface area contributed by atoms with Crippen LogP contribution in [0.4, 0.5) is 8.78 Å². The molecule has 0 aliphatic heterocycles.